The van der Waals surface area contributed by atoms with Crippen LogP contribution in [0.25, 0.3) is 0 Å². The number of hydrogen-bond donors (Lipinski definition) is 2. The number of halogens is 1. The average molecular weight is 505 g/mol. The summed E-state index contributed by atoms with van der Waals surface area (Å²) in [6.07, 6.45) is 4.78. The van der Waals surface area contributed by atoms with Crippen molar-refractivity contribution in [2.24, 2.45) is 10.4 Å². The van der Waals surface area contributed by atoms with Crippen LogP contribution in [0.2, 0.25) is 0 Å². The van der Waals surface area contributed by atoms with Gasteiger partial charge in [-0.2, -0.15) is 0 Å². The Labute approximate surface area is 183 Å². The minimum atomic E-state index is 0. The van der Waals surface area contributed by atoms with Gasteiger partial charge in [0, 0.05) is 55.9 Å². The van der Waals surface area contributed by atoms with Crippen molar-refractivity contribution in [2.75, 3.05) is 32.7 Å². The lowest BCUT2D eigenvalue weighted by Crippen LogP contribution is -2.51. The second kappa shape index (κ2) is 10.0. The van der Waals surface area contributed by atoms with E-state index >= 15 is 0 Å². The Bertz CT molecular complexity index is 677. The molecule has 0 radical (unpaired) electrons. The van der Waals surface area contributed by atoms with Crippen molar-refractivity contribution in [3.8, 4) is 0 Å². The van der Waals surface area contributed by atoms with E-state index in [0.29, 0.717) is 6.42 Å². The zero-order valence-electron chi connectivity index (χ0n) is 16.6. The minimum absolute atomic E-state index is 0. The average Bonchev–Trinajstić information content (AvgIpc) is 3.16. The SMILES string of the molecule is CCNC(=NCCc1nc(CC)c(C)s1)N1CCCC2(CNC(=O)C2)C1.I. The monoisotopic (exact) mass is 505 g/mol. The fourth-order valence-electron chi connectivity index (χ4n) is 4.03. The number of nitrogens with zero attached hydrogens (tertiary/aromatic N) is 3. The third-order valence-corrected chi connectivity index (χ3v) is 6.42. The van der Waals surface area contributed by atoms with E-state index in [0.717, 1.165) is 64.4 Å². The molecule has 0 aromatic carbocycles. The standard InChI is InChI=1S/C19H31N5OS.HI/c1-4-15-14(3)26-17(23-15)7-9-21-18(20-5-2)24-10-6-8-19(13-24)11-16(25)22-12-19;/h4-13H2,1-3H3,(H,20,21)(H,22,25);1H. The number of amides is 1. The molecule has 6 nitrogen and oxygen atoms in total. The molecule has 0 aliphatic carbocycles. The molecule has 2 N–H and O–H groups in total. The fourth-order valence-corrected chi connectivity index (χ4v) is 5.05. The highest BCUT2D eigenvalue weighted by molar-refractivity contribution is 14.0. The van der Waals surface area contributed by atoms with Crippen LogP contribution in [0.1, 0.15) is 48.7 Å². The van der Waals surface area contributed by atoms with E-state index < -0.39 is 0 Å². The van der Waals surface area contributed by atoms with Crippen molar-refractivity contribution >= 4 is 47.2 Å². The van der Waals surface area contributed by atoms with Crippen molar-refractivity contribution in [1.82, 2.24) is 20.5 Å². The summed E-state index contributed by atoms with van der Waals surface area (Å²) in [5, 5.41) is 7.63. The summed E-state index contributed by atoms with van der Waals surface area (Å²) in [5.74, 6) is 1.18. The molecule has 1 aromatic rings. The molecule has 0 bridgehead atoms. The Hall–Kier alpha value is -0.900. The van der Waals surface area contributed by atoms with Gasteiger partial charge in [-0.05, 0) is 33.1 Å². The fraction of sp³-hybridized carbons (Fsp3) is 0.737. The molecule has 1 amide bonds. The normalized spacial score (nSPS) is 22.7. The van der Waals surface area contributed by atoms with Crippen LogP contribution in [0.15, 0.2) is 4.99 Å². The van der Waals surface area contributed by atoms with Crippen molar-refractivity contribution in [3.05, 3.63) is 15.6 Å². The van der Waals surface area contributed by atoms with Gasteiger partial charge < -0.3 is 15.5 Å². The highest BCUT2D eigenvalue weighted by Crippen LogP contribution is 2.36. The van der Waals surface area contributed by atoms with Crippen LogP contribution in [0, 0.1) is 12.3 Å². The number of hydrogen-bond acceptors (Lipinski definition) is 4. The molecule has 1 spiro atoms. The number of thiazole rings is 1. The predicted octanol–water partition coefficient (Wildman–Crippen LogP) is 2.74. The smallest absolute Gasteiger partial charge is 0.220 e. The van der Waals surface area contributed by atoms with Crippen LogP contribution in [0.5, 0.6) is 0 Å². The molecule has 2 saturated heterocycles. The summed E-state index contributed by atoms with van der Waals surface area (Å²) < 4.78 is 0. The van der Waals surface area contributed by atoms with Gasteiger partial charge in [-0.15, -0.1) is 35.3 Å². The second-order valence-corrected chi connectivity index (χ2v) is 8.72. The molecule has 1 atom stereocenters. The number of nitrogens with one attached hydrogen (secondary N) is 2. The highest BCUT2D eigenvalue weighted by atomic mass is 127. The van der Waals surface area contributed by atoms with Crippen molar-refractivity contribution < 1.29 is 4.79 Å². The number of piperidine rings is 1. The summed E-state index contributed by atoms with van der Waals surface area (Å²) in [4.78, 5) is 25.0. The summed E-state index contributed by atoms with van der Waals surface area (Å²) in [6.45, 7) is 10.7. The summed E-state index contributed by atoms with van der Waals surface area (Å²) in [6, 6.07) is 0. The molecule has 2 fully saturated rings. The number of likely N-dealkylation sites (tertiary alicyclic amines) is 1. The molecular weight excluding hydrogens is 473 g/mol. The van der Waals surface area contributed by atoms with E-state index in [1.54, 1.807) is 11.3 Å². The van der Waals surface area contributed by atoms with Crippen LogP contribution in [-0.4, -0.2) is 54.5 Å². The number of rotatable bonds is 5. The first kappa shape index (κ1) is 22.4. The number of aliphatic imine (C=N–C) groups is 1. The maximum atomic E-state index is 11.7. The maximum Gasteiger partial charge on any atom is 0.220 e. The van der Waals surface area contributed by atoms with Gasteiger partial charge in [-0.3, -0.25) is 9.79 Å². The lowest BCUT2D eigenvalue weighted by molar-refractivity contribution is -0.119. The molecule has 2 aliphatic heterocycles. The van der Waals surface area contributed by atoms with Crippen molar-refractivity contribution in [2.45, 2.75) is 52.9 Å². The third-order valence-electron chi connectivity index (χ3n) is 5.35. The van der Waals surface area contributed by atoms with E-state index in [4.69, 9.17) is 9.98 Å². The molecule has 152 valence electrons. The Balaban J connectivity index is 0.00000261. The molecule has 3 heterocycles. The summed E-state index contributed by atoms with van der Waals surface area (Å²) in [5.41, 5.74) is 1.31. The van der Waals surface area contributed by atoms with Gasteiger partial charge in [-0.25, -0.2) is 4.98 Å². The van der Waals surface area contributed by atoms with Gasteiger partial charge in [0.1, 0.15) is 0 Å². The Morgan fingerprint density at radius 1 is 1.44 bits per heavy atom. The number of carbonyl (C=O) groups excluding carboxylic acids is 1. The molecule has 8 heteroatoms. The van der Waals surface area contributed by atoms with Crippen LogP contribution in [-0.2, 0) is 17.6 Å². The minimum Gasteiger partial charge on any atom is -0.357 e. The van der Waals surface area contributed by atoms with E-state index in [-0.39, 0.29) is 35.3 Å². The lowest BCUT2D eigenvalue weighted by Gasteiger charge is -2.40. The quantitative estimate of drug-likeness (QED) is 0.367. The Morgan fingerprint density at radius 3 is 2.89 bits per heavy atom. The topological polar surface area (TPSA) is 69.6 Å². The highest BCUT2D eigenvalue weighted by Gasteiger charge is 2.42. The Morgan fingerprint density at radius 2 is 2.26 bits per heavy atom. The lowest BCUT2D eigenvalue weighted by atomic mass is 9.79. The van der Waals surface area contributed by atoms with E-state index in [2.05, 4.69) is 36.3 Å². The summed E-state index contributed by atoms with van der Waals surface area (Å²) >= 11 is 1.79. The van der Waals surface area contributed by atoms with Gasteiger partial charge >= 0.3 is 0 Å². The Kier molecular flexibility index (Phi) is 8.33. The van der Waals surface area contributed by atoms with Gasteiger partial charge in [0.2, 0.25) is 5.91 Å². The third kappa shape index (κ3) is 5.56. The largest absolute Gasteiger partial charge is 0.357 e. The van der Waals surface area contributed by atoms with Crippen LogP contribution < -0.4 is 10.6 Å². The van der Waals surface area contributed by atoms with E-state index in [1.165, 1.54) is 15.6 Å². The van der Waals surface area contributed by atoms with Crippen LogP contribution in [0.4, 0.5) is 0 Å². The van der Waals surface area contributed by atoms with E-state index in [1.807, 2.05) is 0 Å². The van der Waals surface area contributed by atoms with Gasteiger partial charge in [0.25, 0.3) is 0 Å². The van der Waals surface area contributed by atoms with Crippen LogP contribution >= 0.6 is 35.3 Å². The maximum absolute atomic E-state index is 11.7. The van der Waals surface area contributed by atoms with Crippen molar-refractivity contribution in [3.63, 3.8) is 0 Å². The zero-order valence-corrected chi connectivity index (χ0v) is 19.8. The van der Waals surface area contributed by atoms with Crippen molar-refractivity contribution in [1.29, 1.82) is 0 Å². The number of aryl methyl sites for hydroxylation is 2. The van der Waals surface area contributed by atoms with Gasteiger partial charge in [-0.1, -0.05) is 6.92 Å². The number of carbonyl (C=O) groups is 1. The van der Waals surface area contributed by atoms with Gasteiger partial charge in [0.05, 0.1) is 10.7 Å². The molecule has 1 aromatic heterocycles. The zero-order chi connectivity index (χ0) is 18.6. The van der Waals surface area contributed by atoms with Gasteiger partial charge in [0.15, 0.2) is 5.96 Å². The first-order valence-corrected chi connectivity index (χ1v) is 10.6. The molecule has 3 rings (SSSR count). The molecule has 27 heavy (non-hydrogen) atoms. The molecule has 0 saturated carbocycles. The number of guanidine groups is 1. The summed E-state index contributed by atoms with van der Waals surface area (Å²) in [7, 11) is 0. The molecule has 2 aliphatic rings. The van der Waals surface area contributed by atoms with Crippen LogP contribution in [0.3, 0.4) is 0 Å². The predicted molar refractivity (Wildman–Crippen MR) is 122 cm³/mol. The second-order valence-electron chi connectivity index (χ2n) is 7.43. The molecule has 1 unspecified atom stereocenters. The first-order chi connectivity index (χ1) is 12.5. The number of aromatic nitrogens is 1. The first-order valence-electron chi connectivity index (χ1n) is 9.80. The van der Waals surface area contributed by atoms with E-state index in [9.17, 15) is 4.79 Å². The molecular formula is C19H32IN5OS.